The van der Waals surface area contributed by atoms with E-state index >= 15 is 0 Å². The summed E-state index contributed by atoms with van der Waals surface area (Å²) in [4.78, 5) is 22.3. The highest BCUT2D eigenvalue weighted by molar-refractivity contribution is 5.94. The number of aliphatic carboxylic acids is 1. The molecule has 1 aromatic rings. The number of hydrogen-bond donors (Lipinski definition) is 3. The van der Waals surface area contributed by atoms with Gasteiger partial charge < -0.3 is 16.2 Å². The van der Waals surface area contributed by atoms with Crippen molar-refractivity contribution in [3.05, 3.63) is 35.4 Å². The lowest BCUT2D eigenvalue weighted by Gasteiger charge is -2.11. The number of rotatable bonds is 7. The maximum Gasteiger partial charge on any atom is 0.303 e. The van der Waals surface area contributed by atoms with Crippen LogP contribution in [-0.4, -0.2) is 23.5 Å². The molecule has 0 bridgehead atoms. The van der Waals surface area contributed by atoms with Gasteiger partial charge in [0.25, 0.3) is 5.91 Å². The van der Waals surface area contributed by atoms with Gasteiger partial charge in [0.05, 0.1) is 0 Å². The molecule has 5 heteroatoms. The molecule has 0 saturated heterocycles. The monoisotopic (exact) mass is 264 g/mol. The van der Waals surface area contributed by atoms with Crippen LogP contribution in [0.1, 0.15) is 35.7 Å². The van der Waals surface area contributed by atoms with Gasteiger partial charge in [-0.05, 0) is 30.0 Å². The highest BCUT2D eigenvalue weighted by Gasteiger charge is 2.09. The molecule has 0 spiro atoms. The Labute approximate surface area is 112 Å². The SMILES string of the molecule is CC(CCC(=O)O)CNC(=O)c1ccc(CN)cc1. The summed E-state index contributed by atoms with van der Waals surface area (Å²) in [6.45, 7) is 2.85. The maximum atomic E-state index is 11.8. The van der Waals surface area contributed by atoms with E-state index in [1.54, 1.807) is 12.1 Å². The summed E-state index contributed by atoms with van der Waals surface area (Å²) in [5, 5.41) is 11.4. The highest BCUT2D eigenvalue weighted by Crippen LogP contribution is 2.06. The molecule has 5 nitrogen and oxygen atoms in total. The molecule has 1 rings (SSSR count). The Balaban J connectivity index is 2.39. The summed E-state index contributed by atoms with van der Waals surface area (Å²) in [5.74, 6) is -0.815. The van der Waals surface area contributed by atoms with Gasteiger partial charge in [0, 0.05) is 25.1 Å². The van der Waals surface area contributed by atoms with E-state index in [1.807, 2.05) is 19.1 Å². The van der Waals surface area contributed by atoms with Crippen LogP contribution < -0.4 is 11.1 Å². The number of nitrogens with one attached hydrogen (secondary N) is 1. The van der Waals surface area contributed by atoms with E-state index in [-0.39, 0.29) is 18.2 Å². The molecule has 0 aliphatic carbocycles. The fourth-order valence-corrected chi connectivity index (χ4v) is 1.63. The number of carboxylic acid groups (broad SMARTS) is 1. The molecule has 0 aliphatic rings. The Morgan fingerprint density at radius 1 is 1.32 bits per heavy atom. The van der Waals surface area contributed by atoms with Gasteiger partial charge in [-0.15, -0.1) is 0 Å². The molecule has 0 fully saturated rings. The number of hydrogen-bond acceptors (Lipinski definition) is 3. The van der Waals surface area contributed by atoms with Crippen LogP contribution in [0, 0.1) is 5.92 Å². The number of benzene rings is 1. The summed E-state index contributed by atoms with van der Waals surface area (Å²) in [5.41, 5.74) is 7.05. The van der Waals surface area contributed by atoms with E-state index < -0.39 is 5.97 Å². The van der Waals surface area contributed by atoms with Crippen LogP contribution in [0.3, 0.4) is 0 Å². The van der Waals surface area contributed by atoms with Gasteiger partial charge in [-0.25, -0.2) is 0 Å². The van der Waals surface area contributed by atoms with Crippen molar-refractivity contribution in [1.29, 1.82) is 0 Å². The topological polar surface area (TPSA) is 92.4 Å². The Morgan fingerprint density at radius 3 is 2.47 bits per heavy atom. The second-order valence-electron chi connectivity index (χ2n) is 4.65. The third kappa shape index (κ3) is 5.52. The normalized spacial score (nSPS) is 11.9. The van der Waals surface area contributed by atoms with Crippen LogP contribution in [-0.2, 0) is 11.3 Å². The Morgan fingerprint density at radius 2 is 1.95 bits per heavy atom. The Kier molecular flexibility index (Phi) is 6.02. The summed E-state index contributed by atoms with van der Waals surface area (Å²) in [6, 6.07) is 7.12. The molecule has 19 heavy (non-hydrogen) atoms. The molecule has 104 valence electrons. The minimum atomic E-state index is -0.810. The first-order chi connectivity index (χ1) is 9.02. The van der Waals surface area contributed by atoms with E-state index in [0.717, 1.165) is 5.56 Å². The number of amides is 1. The molecule has 0 aliphatic heterocycles. The van der Waals surface area contributed by atoms with E-state index in [1.165, 1.54) is 0 Å². The zero-order valence-corrected chi connectivity index (χ0v) is 11.1. The van der Waals surface area contributed by atoms with Crippen LogP contribution in [0.2, 0.25) is 0 Å². The maximum absolute atomic E-state index is 11.8. The lowest BCUT2D eigenvalue weighted by molar-refractivity contribution is -0.137. The van der Waals surface area contributed by atoms with Crippen molar-refractivity contribution in [3.8, 4) is 0 Å². The number of carboxylic acids is 1. The van der Waals surface area contributed by atoms with Crippen molar-refractivity contribution >= 4 is 11.9 Å². The first-order valence-corrected chi connectivity index (χ1v) is 6.32. The first kappa shape index (κ1) is 15.2. The summed E-state index contributed by atoms with van der Waals surface area (Å²) >= 11 is 0. The molecule has 1 atom stereocenters. The second-order valence-corrected chi connectivity index (χ2v) is 4.65. The van der Waals surface area contributed by atoms with Crippen LogP contribution in [0.15, 0.2) is 24.3 Å². The average Bonchev–Trinajstić information content (AvgIpc) is 2.42. The largest absolute Gasteiger partial charge is 0.481 e. The van der Waals surface area contributed by atoms with Gasteiger partial charge >= 0.3 is 5.97 Å². The van der Waals surface area contributed by atoms with Gasteiger partial charge in [-0.3, -0.25) is 9.59 Å². The zero-order chi connectivity index (χ0) is 14.3. The van der Waals surface area contributed by atoms with E-state index in [9.17, 15) is 9.59 Å². The van der Waals surface area contributed by atoms with Gasteiger partial charge in [-0.1, -0.05) is 19.1 Å². The quantitative estimate of drug-likeness (QED) is 0.693. The van der Waals surface area contributed by atoms with Crippen molar-refractivity contribution in [2.24, 2.45) is 11.7 Å². The Hall–Kier alpha value is -1.88. The minimum Gasteiger partial charge on any atom is -0.481 e. The molecule has 0 saturated carbocycles. The van der Waals surface area contributed by atoms with Crippen molar-refractivity contribution in [1.82, 2.24) is 5.32 Å². The minimum absolute atomic E-state index is 0.127. The standard InChI is InChI=1S/C14H20N2O3/c1-10(2-7-13(17)18)9-16-14(19)12-5-3-11(8-15)4-6-12/h3-6,10H,2,7-9,15H2,1H3,(H,16,19)(H,17,18). The summed E-state index contributed by atoms with van der Waals surface area (Å²) in [7, 11) is 0. The predicted molar refractivity (Wildman–Crippen MR) is 72.7 cm³/mol. The van der Waals surface area contributed by atoms with Crippen LogP contribution in [0.25, 0.3) is 0 Å². The molecule has 4 N–H and O–H groups in total. The van der Waals surface area contributed by atoms with Gasteiger partial charge in [-0.2, -0.15) is 0 Å². The van der Waals surface area contributed by atoms with Gasteiger partial charge in [0.1, 0.15) is 0 Å². The van der Waals surface area contributed by atoms with Gasteiger partial charge in [0.15, 0.2) is 0 Å². The molecule has 0 heterocycles. The van der Waals surface area contributed by atoms with Gasteiger partial charge in [0.2, 0.25) is 0 Å². The average molecular weight is 264 g/mol. The number of carbonyl (C=O) groups is 2. The predicted octanol–water partition coefficient (Wildman–Crippen LogP) is 1.38. The number of carbonyl (C=O) groups excluding carboxylic acids is 1. The molecule has 0 radical (unpaired) electrons. The lowest BCUT2D eigenvalue weighted by atomic mass is 10.1. The van der Waals surface area contributed by atoms with E-state index in [4.69, 9.17) is 10.8 Å². The zero-order valence-electron chi connectivity index (χ0n) is 11.1. The highest BCUT2D eigenvalue weighted by atomic mass is 16.4. The first-order valence-electron chi connectivity index (χ1n) is 6.32. The van der Waals surface area contributed by atoms with Crippen molar-refractivity contribution in [2.45, 2.75) is 26.3 Å². The fraction of sp³-hybridized carbons (Fsp3) is 0.429. The third-order valence-corrected chi connectivity index (χ3v) is 2.91. The molecular weight excluding hydrogens is 244 g/mol. The summed E-state index contributed by atoms with van der Waals surface area (Å²) < 4.78 is 0. The van der Waals surface area contributed by atoms with E-state index in [0.29, 0.717) is 25.1 Å². The van der Waals surface area contributed by atoms with Crippen LogP contribution >= 0.6 is 0 Å². The second kappa shape index (κ2) is 7.53. The van der Waals surface area contributed by atoms with Crippen molar-refractivity contribution in [3.63, 3.8) is 0 Å². The van der Waals surface area contributed by atoms with Crippen molar-refractivity contribution < 1.29 is 14.7 Å². The Bertz CT molecular complexity index is 429. The van der Waals surface area contributed by atoms with E-state index in [2.05, 4.69) is 5.32 Å². The lowest BCUT2D eigenvalue weighted by Crippen LogP contribution is -2.28. The molecule has 0 aromatic heterocycles. The molecular formula is C14H20N2O3. The fourth-order valence-electron chi connectivity index (χ4n) is 1.63. The van der Waals surface area contributed by atoms with Crippen molar-refractivity contribution in [2.75, 3.05) is 6.54 Å². The number of nitrogens with two attached hydrogens (primary N) is 1. The smallest absolute Gasteiger partial charge is 0.303 e. The van der Waals surface area contributed by atoms with Crippen LogP contribution in [0.5, 0.6) is 0 Å². The molecule has 1 aromatic carbocycles. The van der Waals surface area contributed by atoms with Crippen LogP contribution in [0.4, 0.5) is 0 Å². The molecule has 1 unspecified atom stereocenters. The molecule has 1 amide bonds. The summed E-state index contributed by atoms with van der Waals surface area (Å²) in [6.07, 6.45) is 0.684. The third-order valence-electron chi connectivity index (χ3n) is 2.91.